The van der Waals surface area contributed by atoms with Crippen LogP contribution >= 0.6 is 15.9 Å². The van der Waals surface area contributed by atoms with Gasteiger partial charge in [-0.25, -0.2) is 0 Å². The van der Waals surface area contributed by atoms with Crippen LogP contribution in [0, 0.1) is 0 Å². The van der Waals surface area contributed by atoms with Gasteiger partial charge in [0.1, 0.15) is 5.75 Å². The Hall–Kier alpha value is -0.870. The lowest BCUT2D eigenvalue weighted by molar-refractivity contribution is 0.123. The van der Waals surface area contributed by atoms with E-state index in [0.29, 0.717) is 10.5 Å². The number of aliphatic hydroxyl groups excluding tert-OH is 1. The number of halogens is 1. The number of rotatable bonds is 2. The fraction of sp³-hybridized carbons (Fsp3) is 0.462. The summed E-state index contributed by atoms with van der Waals surface area (Å²) in [5, 5.41) is 18.8. The van der Waals surface area contributed by atoms with E-state index in [9.17, 15) is 10.2 Å². The first kappa shape index (κ1) is 12.6. The summed E-state index contributed by atoms with van der Waals surface area (Å²) in [5.41, 5.74) is 0.973. The first-order valence-corrected chi connectivity index (χ1v) is 6.64. The maximum absolute atomic E-state index is 9.39. The zero-order chi connectivity index (χ0) is 12.3. The minimum Gasteiger partial charge on any atom is -0.507 e. The molecule has 0 heterocycles. The fourth-order valence-electron chi connectivity index (χ4n) is 2.00. The summed E-state index contributed by atoms with van der Waals surface area (Å²) >= 11 is 3.28. The molecule has 3 nitrogen and oxygen atoms in total. The van der Waals surface area contributed by atoms with E-state index < -0.39 is 0 Å². The van der Waals surface area contributed by atoms with Gasteiger partial charge in [0.05, 0.1) is 16.6 Å². The smallest absolute Gasteiger partial charge is 0.129 e. The van der Waals surface area contributed by atoms with Crippen LogP contribution in [0.15, 0.2) is 27.7 Å². The first-order chi connectivity index (χ1) is 8.15. The summed E-state index contributed by atoms with van der Waals surface area (Å²) in [6, 6.07) is 5.65. The molecule has 0 spiro atoms. The quantitative estimate of drug-likeness (QED) is 0.825. The van der Waals surface area contributed by atoms with E-state index in [1.165, 1.54) is 0 Å². The Morgan fingerprint density at radius 2 is 1.94 bits per heavy atom. The van der Waals surface area contributed by atoms with Crippen molar-refractivity contribution in [1.82, 2.24) is 0 Å². The predicted molar refractivity (Wildman–Crippen MR) is 71.7 cm³/mol. The van der Waals surface area contributed by atoms with Crippen molar-refractivity contribution in [3.05, 3.63) is 28.2 Å². The van der Waals surface area contributed by atoms with Gasteiger partial charge in [-0.2, -0.15) is 0 Å². The minimum atomic E-state index is -0.135. The van der Waals surface area contributed by atoms with Crippen LogP contribution in [0.3, 0.4) is 0 Å². The van der Waals surface area contributed by atoms with E-state index in [4.69, 9.17) is 0 Å². The number of benzene rings is 1. The van der Waals surface area contributed by atoms with Crippen molar-refractivity contribution >= 4 is 22.1 Å². The number of phenols is 1. The van der Waals surface area contributed by atoms with Crippen molar-refractivity contribution in [1.29, 1.82) is 0 Å². The molecule has 1 aromatic carbocycles. The third-order valence-electron chi connectivity index (χ3n) is 3.07. The molecule has 1 aliphatic carbocycles. The van der Waals surface area contributed by atoms with E-state index in [-0.39, 0.29) is 11.9 Å². The summed E-state index contributed by atoms with van der Waals surface area (Å²) in [4.78, 5) is 4.52. The first-order valence-electron chi connectivity index (χ1n) is 5.85. The van der Waals surface area contributed by atoms with Crippen LogP contribution in [-0.2, 0) is 0 Å². The molecule has 4 heteroatoms. The Morgan fingerprint density at radius 1 is 1.24 bits per heavy atom. The van der Waals surface area contributed by atoms with Gasteiger partial charge >= 0.3 is 0 Å². The highest BCUT2D eigenvalue weighted by molar-refractivity contribution is 9.10. The molecule has 0 unspecified atom stereocenters. The van der Waals surface area contributed by atoms with Crippen LogP contribution in [0.1, 0.15) is 31.2 Å². The van der Waals surface area contributed by atoms with Crippen molar-refractivity contribution in [2.75, 3.05) is 0 Å². The summed E-state index contributed by atoms with van der Waals surface area (Å²) in [6.45, 7) is 0. The maximum atomic E-state index is 9.39. The van der Waals surface area contributed by atoms with Gasteiger partial charge in [0.15, 0.2) is 0 Å². The van der Waals surface area contributed by atoms with Crippen LogP contribution in [0.4, 0.5) is 0 Å². The topological polar surface area (TPSA) is 52.8 Å². The van der Waals surface area contributed by atoms with Gasteiger partial charge in [0.2, 0.25) is 0 Å². The maximum Gasteiger partial charge on any atom is 0.129 e. The largest absolute Gasteiger partial charge is 0.507 e. The van der Waals surface area contributed by atoms with Gasteiger partial charge < -0.3 is 10.2 Å². The van der Waals surface area contributed by atoms with Gasteiger partial charge in [-0.05, 0) is 65.4 Å². The van der Waals surface area contributed by atoms with Crippen molar-refractivity contribution < 1.29 is 10.2 Å². The molecule has 17 heavy (non-hydrogen) atoms. The molecule has 1 aromatic rings. The molecule has 0 amide bonds. The monoisotopic (exact) mass is 297 g/mol. The lowest BCUT2D eigenvalue weighted by Gasteiger charge is -2.22. The van der Waals surface area contributed by atoms with E-state index in [1.807, 2.05) is 18.3 Å². The number of aliphatic hydroxyl groups is 1. The van der Waals surface area contributed by atoms with Crippen LogP contribution in [-0.4, -0.2) is 28.6 Å². The van der Waals surface area contributed by atoms with E-state index in [2.05, 4.69) is 20.9 Å². The Morgan fingerprint density at radius 3 is 2.59 bits per heavy atom. The molecule has 1 aliphatic rings. The number of hydrogen-bond acceptors (Lipinski definition) is 3. The zero-order valence-corrected chi connectivity index (χ0v) is 11.1. The molecular weight excluding hydrogens is 282 g/mol. The average molecular weight is 298 g/mol. The molecule has 1 fully saturated rings. The highest BCUT2D eigenvalue weighted by Gasteiger charge is 2.17. The van der Waals surface area contributed by atoms with Crippen LogP contribution in [0.25, 0.3) is 0 Å². The Balaban J connectivity index is 1.97. The molecule has 1 saturated carbocycles. The minimum absolute atomic E-state index is 0.135. The second-order valence-electron chi connectivity index (χ2n) is 4.45. The third kappa shape index (κ3) is 3.54. The predicted octanol–water partition coefficient (Wildman–Crippen LogP) is 2.88. The molecule has 0 bridgehead atoms. The molecular formula is C13H16BrNO2. The normalized spacial score (nSPS) is 25.3. The number of aromatic hydroxyl groups is 1. The van der Waals surface area contributed by atoms with Crippen LogP contribution in [0.5, 0.6) is 5.75 Å². The second-order valence-corrected chi connectivity index (χ2v) is 5.31. The van der Waals surface area contributed by atoms with Gasteiger partial charge in [-0.3, -0.25) is 4.99 Å². The molecule has 0 saturated heterocycles. The summed E-state index contributed by atoms with van der Waals surface area (Å²) in [6.07, 6.45) is 5.31. The number of phenolic OH excluding ortho intramolecular Hbond substituents is 1. The molecule has 2 N–H and O–H groups in total. The summed E-state index contributed by atoms with van der Waals surface area (Å²) < 4.78 is 0.681. The molecule has 0 aliphatic heterocycles. The van der Waals surface area contributed by atoms with Crippen LogP contribution < -0.4 is 0 Å². The van der Waals surface area contributed by atoms with E-state index in [1.54, 1.807) is 6.07 Å². The molecule has 0 aromatic heterocycles. The van der Waals surface area contributed by atoms with Gasteiger partial charge in [-0.1, -0.05) is 0 Å². The number of aliphatic imine (C=N–C) groups is 1. The van der Waals surface area contributed by atoms with Crippen molar-refractivity contribution in [3.8, 4) is 5.75 Å². The summed E-state index contributed by atoms with van der Waals surface area (Å²) in [5.74, 6) is 0.239. The van der Waals surface area contributed by atoms with Crippen LogP contribution in [0.2, 0.25) is 0 Å². The van der Waals surface area contributed by atoms with Crippen molar-refractivity contribution in [2.45, 2.75) is 37.8 Å². The molecule has 0 atom stereocenters. The third-order valence-corrected chi connectivity index (χ3v) is 3.71. The van der Waals surface area contributed by atoms with E-state index in [0.717, 1.165) is 31.2 Å². The standard InChI is InChI=1S/C13H16BrNO2/c14-12-7-9(1-6-13(12)17)8-15-10-2-4-11(16)5-3-10/h1,6-8,10-11,16-17H,2-5H2/t10-,11-. The summed E-state index contributed by atoms with van der Waals surface area (Å²) in [7, 11) is 0. The van der Waals surface area contributed by atoms with Gasteiger partial charge in [0, 0.05) is 6.21 Å². The zero-order valence-electron chi connectivity index (χ0n) is 9.51. The van der Waals surface area contributed by atoms with Gasteiger partial charge in [0.25, 0.3) is 0 Å². The molecule has 92 valence electrons. The lowest BCUT2D eigenvalue weighted by Crippen LogP contribution is -2.20. The number of nitrogens with zero attached hydrogens (tertiary/aromatic N) is 1. The second kappa shape index (κ2) is 5.65. The Kier molecular flexibility index (Phi) is 4.18. The molecule has 2 rings (SSSR count). The van der Waals surface area contributed by atoms with Crippen molar-refractivity contribution in [2.24, 2.45) is 4.99 Å². The average Bonchev–Trinajstić information content (AvgIpc) is 2.33. The number of hydrogen-bond donors (Lipinski definition) is 2. The van der Waals surface area contributed by atoms with Crippen molar-refractivity contribution in [3.63, 3.8) is 0 Å². The fourth-order valence-corrected chi connectivity index (χ4v) is 2.40. The molecule has 0 radical (unpaired) electrons. The van der Waals surface area contributed by atoms with E-state index >= 15 is 0 Å². The Bertz CT molecular complexity index is 412. The highest BCUT2D eigenvalue weighted by atomic mass is 79.9. The van der Waals surface area contributed by atoms with Gasteiger partial charge in [-0.15, -0.1) is 0 Å². The Labute approximate surface area is 109 Å². The lowest BCUT2D eigenvalue weighted by atomic mass is 9.93. The SMILES string of the molecule is Oc1ccc(C=N[C@H]2CC[C@H](O)CC2)cc1Br. The highest BCUT2D eigenvalue weighted by Crippen LogP contribution is 2.24.